The molecule has 0 fully saturated rings. The van der Waals surface area contributed by atoms with Gasteiger partial charge in [0.15, 0.2) is 6.61 Å². The van der Waals surface area contributed by atoms with Gasteiger partial charge in [-0.2, -0.15) is 0 Å². The van der Waals surface area contributed by atoms with E-state index in [0.717, 1.165) is 0 Å². The van der Waals surface area contributed by atoms with Crippen molar-refractivity contribution in [3.8, 4) is 5.75 Å². The number of para-hydroxylation sites is 2. The first-order valence-electron chi connectivity index (χ1n) is 5.98. The standard InChI is InChI=1S/C13H18N2O4/c1-9(14)6-7-12(16)15-10-4-2-3-5-11(10)19-8-13(17)18/h2-5,9H,6-8,14H2,1H3,(H,15,16)(H,17,18). The number of carboxylic acid groups (broad SMARTS) is 1. The zero-order chi connectivity index (χ0) is 14.3. The third kappa shape index (κ3) is 5.87. The third-order valence-electron chi connectivity index (χ3n) is 2.34. The van der Waals surface area contributed by atoms with Gasteiger partial charge in [-0.05, 0) is 25.5 Å². The Morgan fingerprint density at radius 1 is 1.42 bits per heavy atom. The lowest BCUT2D eigenvalue weighted by Crippen LogP contribution is -2.20. The predicted octanol–water partition coefficient (Wildman–Crippen LogP) is 1.22. The summed E-state index contributed by atoms with van der Waals surface area (Å²) >= 11 is 0. The number of nitrogens with two attached hydrogens (primary N) is 1. The van der Waals surface area contributed by atoms with Crippen molar-refractivity contribution in [3.05, 3.63) is 24.3 Å². The molecule has 104 valence electrons. The molecule has 0 saturated heterocycles. The molecule has 6 heteroatoms. The molecule has 19 heavy (non-hydrogen) atoms. The molecule has 0 aliphatic carbocycles. The Morgan fingerprint density at radius 2 is 2.11 bits per heavy atom. The minimum atomic E-state index is -1.07. The lowest BCUT2D eigenvalue weighted by Gasteiger charge is -2.11. The number of anilines is 1. The van der Waals surface area contributed by atoms with Crippen LogP contribution < -0.4 is 15.8 Å². The zero-order valence-electron chi connectivity index (χ0n) is 10.8. The largest absolute Gasteiger partial charge is 0.480 e. The summed E-state index contributed by atoms with van der Waals surface area (Å²) in [5, 5.41) is 11.2. The Balaban J connectivity index is 2.61. The molecular formula is C13H18N2O4. The smallest absolute Gasteiger partial charge is 0.341 e. The van der Waals surface area contributed by atoms with Gasteiger partial charge in [-0.1, -0.05) is 12.1 Å². The zero-order valence-corrected chi connectivity index (χ0v) is 10.8. The summed E-state index contributed by atoms with van der Waals surface area (Å²) in [4.78, 5) is 22.1. The van der Waals surface area contributed by atoms with E-state index < -0.39 is 12.6 Å². The summed E-state index contributed by atoms with van der Waals surface area (Å²) in [6.07, 6.45) is 0.898. The van der Waals surface area contributed by atoms with Gasteiger partial charge in [0.05, 0.1) is 5.69 Å². The average molecular weight is 266 g/mol. The molecule has 4 N–H and O–H groups in total. The number of aliphatic carboxylic acids is 1. The van der Waals surface area contributed by atoms with Gasteiger partial charge in [-0.25, -0.2) is 4.79 Å². The summed E-state index contributed by atoms with van der Waals surface area (Å²) in [6, 6.07) is 6.65. The van der Waals surface area contributed by atoms with Crippen molar-refractivity contribution in [3.63, 3.8) is 0 Å². The minimum Gasteiger partial charge on any atom is -0.480 e. The van der Waals surface area contributed by atoms with E-state index in [9.17, 15) is 9.59 Å². The van der Waals surface area contributed by atoms with Gasteiger partial charge in [0, 0.05) is 12.5 Å². The van der Waals surface area contributed by atoms with E-state index in [1.807, 2.05) is 6.92 Å². The molecule has 0 aliphatic heterocycles. The molecule has 0 spiro atoms. The van der Waals surface area contributed by atoms with E-state index in [1.165, 1.54) is 0 Å². The van der Waals surface area contributed by atoms with Gasteiger partial charge < -0.3 is 20.9 Å². The maximum absolute atomic E-state index is 11.7. The van der Waals surface area contributed by atoms with Crippen LogP contribution >= 0.6 is 0 Å². The second kappa shape index (κ2) is 7.38. The molecule has 0 aliphatic rings. The van der Waals surface area contributed by atoms with Crippen LogP contribution in [0.3, 0.4) is 0 Å². The summed E-state index contributed by atoms with van der Waals surface area (Å²) in [5.74, 6) is -0.916. The molecule has 1 aromatic rings. The van der Waals surface area contributed by atoms with Crippen LogP contribution in [0, 0.1) is 0 Å². The van der Waals surface area contributed by atoms with Crippen molar-refractivity contribution in [1.82, 2.24) is 0 Å². The van der Waals surface area contributed by atoms with Crippen LogP contribution in [0.4, 0.5) is 5.69 Å². The van der Waals surface area contributed by atoms with E-state index in [-0.39, 0.29) is 11.9 Å². The number of hydrogen-bond donors (Lipinski definition) is 3. The van der Waals surface area contributed by atoms with Crippen molar-refractivity contribution in [2.75, 3.05) is 11.9 Å². The van der Waals surface area contributed by atoms with Gasteiger partial charge in [0.25, 0.3) is 0 Å². The second-order valence-corrected chi connectivity index (χ2v) is 4.24. The van der Waals surface area contributed by atoms with Gasteiger partial charge in [0.2, 0.25) is 5.91 Å². The van der Waals surface area contributed by atoms with Crippen LogP contribution in [-0.2, 0) is 9.59 Å². The van der Waals surface area contributed by atoms with E-state index in [2.05, 4.69) is 5.32 Å². The summed E-state index contributed by atoms with van der Waals surface area (Å²) in [7, 11) is 0. The fourth-order valence-corrected chi connectivity index (χ4v) is 1.41. The van der Waals surface area contributed by atoms with E-state index >= 15 is 0 Å². The van der Waals surface area contributed by atoms with Crippen LogP contribution in [0.15, 0.2) is 24.3 Å². The third-order valence-corrected chi connectivity index (χ3v) is 2.34. The monoisotopic (exact) mass is 266 g/mol. The van der Waals surface area contributed by atoms with Crippen molar-refractivity contribution in [1.29, 1.82) is 0 Å². The molecule has 1 unspecified atom stereocenters. The van der Waals surface area contributed by atoms with Crippen molar-refractivity contribution >= 4 is 17.6 Å². The predicted molar refractivity (Wildman–Crippen MR) is 71.1 cm³/mol. The number of rotatable bonds is 7. The van der Waals surface area contributed by atoms with E-state index in [1.54, 1.807) is 24.3 Å². The first-order valence-corrected chi connectivity index (χ1v) is 5.98. The topological polar surface area (TPSA) is 102 Å². The number of nitrogens with one attached hydrogen (secondary N) is 1. The SMILES string of the molecule is CC(N)CCC(=O)Nc1ccccc1OCC(=O)O. The Hall–Kier alpha value is -2.08. The van der Waals surface area contributed by atoms with E-state index in [4.69, 9.17) is 15.6 Å². The van der Waals surface area contributed by atoms with Crippen LogP contribution in [0.5, 0.6) is 5.75 Å². The van der Waals surface area contributed by atoms with E-state index in [0.29, 0.717) is 24.3 Å². The first kappa shape index (κ1) is 15.0. The van der Waals surface area contributed by atoms with Crippen LogP contribution in [0.25, 0.3) is 0 Å². The Labute approximate surface area is 111 Å². The molecule has 0 aromatic heterocycles. The molecule has 0 radical (unpaired) electrons. The summed E-state index contributed by atoms with van der Waals surface area (Å²) in [6.45, 7) is 1.38. The fourth-order valence-electron chi connectivity index (χ4n) is 1.41. The van der Waals surface area contributed by atoms with Crippen LogP contribution in [0.1, 0.15) is 19.8 Å². The fraction of sp³-hybridized carbons (Fsp3) is 0.385. The maximum atomic E-state index is 11.7. The number of amides is 1. The number of hydrogen-bond acceptors (Lipinski definition) is 4. The normalized spacial score (nSPS) is 11.7. The lowest BCUT2D eigenvalue weighted by molar-refractivity contribution is -0.139. The van der Waals surface area contributed by atoms with Gasteiger partial charge in [-0.15, -0.1) is 0 Å². The first-order chi connectivity index (χ1) is 8.99. The molecule has 1 amide bonds. The number of carbonyl (C=O) groups is 2. The molecule has 1 aromatic carbocycles. The van der Waals surface area contributed by atoms with Crippen molar-refractivity contribution in [2.24, 2.45) is 5.73 Å². The lowest BCUT2D eigenvalue weighted by atomic mass is 10.2. The highest BCUT2D eigenvalue weighted by atomic mass is 16.5. The van der Waals surface area contributed by atoms with Crippen molar-refractivity contribution in [2.45, 2.75) is 25.8 Å². The minimum absolute atomic E-state index is 0.0377. The Bertz CT molecular complexity index is 446. The second-order valence-electron chi connectivity index (χ2n) is 4.24. The Morgan fingerprint density at radius 3 is 2.74 bits per heavy atom. The summed E-state index contributed by atoms with van der Waals surface area (Å²) < 4.78 is 5.09. The number of benzene rings is 1. The highest BCUT2D eigenvalue weighted by Crippen LogP contribution is 2.23. The highest BCUT2D eigenvalue weighted by Gasteiger charge is 2.09. The Kier molecular flexibility index (Phi) is 5.81. The molecule has 0 heterocycles. The molecule has 1 atom stereocenters. The average Bonchev–Trinajstić information content (AvgIpc) is 2.35. The maximum Gasteiger partial charge on any atom is 0.341 e. The molecule has 6 nitrogen and oxygen atoms in total. The molecule has 0 saturated carbocycles. The highest BCUT2D eigenvalue weighted by molar-refractivity contribution is 5.92. The quantitative estimate of drug-likeness (QED) is 0.688. The number of ether oxygens (including phenoxy) is 1. The van der Waals surface area contributed by atoms with Gasteiger partial charge >= 0.3 is 5.97 Å². The number of carbonyl (C=O) groups excluding carboxylic acids is 1. The van der Waals surface area contributed by atoms with Crippen LogP contribution in [0.2, 0.25) is 0 Å². The van der Waals surface area contributed by atoms with Gasteiger partial charge in [0.1, 0.15) is 5.75 Å². The van der Waals surface area contributed by atoms with Crippen molar-refractivity contribution < 1.29 is 19.4 Å². The number of carboxylic acids is 1. The molecular weight excluding hydrogens is 248 g/mol. The van der Waals surface area contributed by atoms with Crippen LogP contribution in [-0.4, -0.2) is 29.6 Å². The molecule has 0 bridgehead atoms. The summed E-state index contributed by atoms with van der Waals surface area (Å²) in [5.41, 5.74) is 6.03. The molecule has 1 rings (SSSR count). The van der Waals surface area contributed by atoms with Gasteiger partial charge in [-0.3, -0.25) is 4.79 Å².